The zero-order valence-corrected chi connectivity index (χ0v) is 10.5. The van der Waals surface area contributed by atoms with Crippen molar-refractivity contribution in [2.75, 3.05) is 17.6 Å². The number of carbonyl (C=O) groups is 1. The molecule has 1 aromatic heterocycles. The number of amides is 1. The van der Waals surface area contributed by atoms with Crippen molar-refractivity contribution < 1.29 is 4.79 Å². The molecule has 0 spiro atoms. The number of hydrogen-bond acceptors (Lipinski definition) is 4. The summed E-state index contributed by atoms with van der Waals surface area (Å²) in [6.07, 6.45) is 1.55. The Labute approximate surface area is 111 Å². The van der Waals surface area contributed by atoms with Crippen molar-refractivity contribution in [1.29, 1.82) is 0 Å². The highest BCUT2D eigenvalue weighted by atomic mass is 16.1. The molecule has 0 saturated carbocycles. The minimum atomic E-state index is -0.0810. The lowest BCUT2D eigenvalue weighted by atomic mass is 10.2. The van der Waals surface area contributed by atoms with Gasteiger partial charge in [0.05, 0.1) is 18.4 Å². The molecule has 0 unspecified atom stereocenters. The highest BCUT2D eigenvalue weighted by molar-refractivity contribution is 5.80. The molecule has 0 fully saturated rings. The van der Waals surface area contributed by atoms with Crippen LogP contribution in [0.4, 0.5) is 11.5 Å². The van der Waals surface area contributed by atoms with Crippen LogP contribution in [0.25, 0.3) is 0 Å². The Morgan fingerprint density at radius 3 is 2.63 bits per heavy atom. The molecule has 98 valence electrons. The van der Waals surface area contributed by atoms with Gasteiger partial charge in [-0.05, 0) is 17.7 Å². The summed E-state index contributed by atoms with van der Waals surface area (Å²) in [4.78, 5) is 15.7. The van der Waals surface area contributed by atoms with Gasteiger partial charge in [0, 0.05) is 6.54 Å². The predicted octanol–water partition coefficient (Wildman–Crippen LogP) is 1.39. The molecule has 0 radical (unpaired) electrons. The Morgan fingerprint density at radius 2 is 1.95 bits per heavy atom. The van der Waals surface area contributed by atoms with Gasteiger partial charge in [-0.2, -0.15) is 0 Å². The number of hydrogen-bond donors (Lipinski definition) is 3. The van der Waals surface area contributed by atoms with Crippen LogP contribution in [-0.2, 0) is 11.3 Å². The van der Waals surface area contributed by atoms with Gasteiger partial charge in [0.15, 0.2) is 0 Å². The van der Waals surface area contributed by atoms with Crippen LogP contribution in [0.1, 0.15) is 5.56 Å². The van der Waals surface area contributed by atoms with Gasteiger partial charge in [-0.1, -0.05) is 30.3 Å². The third-order valence-electron chi connectivity index (χ3n) is 2.55. The van der Waals surface area contributed by atoms with Crippen molar-refractivity contribution in [3.05, 3.63) is 54.2 Å². The number of carbonyl (C=O) groups excluding carboxylic acids is 1. The van der Waals surface area contributed by atoms with Crippen LogP contribution in [-0.4, -0.2) is 17.4 Å². The molecular formula is C14H16N4O. The summed E-state index contributed by atoms with van der Waals surface area (Å²) in [7, 11) is 0. The summed E-state index contributed by atoms with van der Waals surface area (Å²) in [5.41, 5.74) is 7.19. The van der Waals surface area contributed by atoms with Crippen molar-refractivity contribution in [1.82, 2.24) is 10.3 Å². The largest absolute Gasteiger partial charge is 0.397 e. The normalized spacial score (nSPS) is 9.89. The lowest BCUT2D eigenvalue weighted by Gasteiger charge is -2.07. The van der Waals surface area contributed by atoms with E-state index in [2.05, 4.69) is 15.6 Å². The Kier molecular flexibility index (Phi) is 4.34. The van der Waals surface area contributed by atoms with E-state index in [4.69, 9.17) is 5.73 Å². The summed E-state index contributed by atoms with van der Waals surface area (Å²) in [6, 6.07) is 13.2. The molecule has 0 aliphatic rings. The van der Waals surface area contributed by atoms with E-state index in [1.807, 2.05) is 30.3 Å². The third-order valence-corrected chi connectivity index (χ3v) is 2.55. The van der Waals surface area contributed by atoms with Gasteiger partial charge < -0.3 is 16.4 Å². The molecule has 1 aromatic carbocycles. The Balaban J connectivity index is 1.74. The van der Waals surface area contributed by atoms with E-state index in [-0.39, 0.29) is 12.5 Å². The average Bonchev–Trinajstić information content (AvgIpc) is 2.45. The number of nitrogens with two attached hydrogens (primary N) is 1. The zero-order chi connectivity index (χ0) is 13.5. The Bertz CT molecular complexity index is 525. The maximum absolute atomic E-state index is 11.6. The topological polar surface area (TPSA) is 80.0 Å². The van der Waals surface area contributed by atoms with Crippen LogP contribution in [0.3, 0.4) is 0 Å². The molecule has 19 heavy (non-hydrogen) atoms. The number of nitrogens with zero attached hydrogens (tertiary/aromatic N) is 1. The molecular weight excluding hydrogens is 240 g/mol. The first-order valence-corrected chi connectivity index (χ1v) is 6.00. The second-order valence-electron chi connectivity index (χ2n) is 4.09. The lowest BCUT2D eigenvalue weighted by molar-refractivity contribution is -0.119. The molecule has 2 rings (SSSR count). The molecule has 5 heteroatoms. The maximum atomic E-state index is 11.6. The van der Waals surface area contributed by atoms with Crippen molar-refractivity contribution in [2.24, 2.45) is 0 Å². The SMILES string of the molecule is Nc1ccc(NCC(=O)NCc2ccccc2)nc1. The predicted molar refractivity (Wildman–Crippen MR) is 75.4 cm³/mol. The fourth-order valence-electron chi connectivity index (χ4n) is 1.54. The van der Waals surface area contributed by atoms with Crippen LogP contribution >= 0.6 is 0 Å². The number of benzene rings is 1. The number of rotatable bonds is 5. The van der Waals surface area contributed by atoms with Crippen LogP contribution in [0.5, 0.6) is 0 Å². The summed E-state index contributed by atoms with van der Waals surface area (Å²) in [5, 5.41) is 5.76. The average molecular weight is 256 g/mol. The van der Waals surface area contributed by atoms with Gasteiger partial charge in [0.1, 0.15) is 5.82 Å². The van der Waals surface area contributed by atoms with Crippen LogP contribution in [0.15, 0.2) is 48.7 Å². The molecule has 0 saturated heterocycles. The molecule has 1 heterocycles. The summed E-state index contributed by atoms with van der Waals surface area (Å²) >= 11 is 0. The number of anilines is 2. The molecule has 1 amide bonds. The smallest absolute Gasteiger partial charge is 0.239 e. The zero-order valence-electron chi connectivity index (χ0n) is 10.5. The van der Waals surface area contributed by atoms with Gasteiger partial charge in [-0.3, -0.25) is 4.79 Å². The molecule has 0 aliphatic heterocycles. The second kappa shape index (κ2) is 6.39. The molecule has 0 atom stereocenters. The second-order valence-corrected chi connectivity index (χ2v) is 4.09. The van der Waals surface area contributed by atoms with Gasteiger partial charge in [0.2, 0.25) is 5.91 Å². The first-order valence-electron chi connectivity index (χ1n) is 6.00. The van der Waals surface area contributed by atoms with Crippen LogP contribution in [0.2, 0.25) is 0 Å². The summed E-state index contributed by atoms with van der Waals surface area (Å²) in [5.74, 6) is 0.548. The maximum Gasteiger partial charge on any atom is 0.239 e. The minimum absolute atomic E-state index is 0.0810. The van der Waals surface area contributed by atoms with Crippen LogP contribution < -0.4 is 16.4 Å². The molecule has 0 aliphatic carbocycles. The molecule has 2 aromatic rings. The summed E-state index contributed by atoms with van der Waals surface area (Å²) in [6.45, 7) is 0.709. The van der Waals surface area contributed by atoms with E-state index < -0.39 is 0 Å². The highest BCUT2D eigenvalue weighted by Crippen LogP contribution is 2.05. The van der Waals surface area contributed by atoms with Gasteiger partial charge in [-0.25, -0.2) is 4.98 Å². The number of nitrogens with one attached hydrogen (secondary N) is 2. The van der Waals surface area contributed by atoms with E-state index >= 15 is 0 Å². The van der Waals surface area contributed by atoms with E-state index in [9.17, 15) is 4.79 Å². The fraction of sp³-hybridized carbons (Fsp3) is 0.143. The van der Waals surface area contributed by atoms with E-state index in [1.54, 1.807) is 18.3 Å². The molecule has 5 nitrogen and oxygen atoms in total. The third kappa shape index (κ3) is 4.31. The first kappa shape index (κ1) is 12.9. The van der Waals surface area contributed by atoms with E-state index in [0.29, 0.717) is 18.1 Å². The standard InChI is InChI=1S/C14H16N4O/c15-12-6-7-13(16-9-12)17-10-14(19)18-8-11-4-2-1-3-5-11/h1-7,9H,8,10,15H2,(H,16,17)(H,18,19). The van der Waals surface area contributed by atoms with E-state index in [0.717, 1.165) is 5.56 Å². The quantitative estimate of drug-likeness (QED) is 0.755. The van der Waals surface area contributed by atoms with Crippen LogP contribution in [0, 0.1) is 0 Å². The van der Waals surface area contributed by atoms with Gasteiger partial charge >= 0.3 is 0 Å². The van der Waals surface area contributed by atoms with E-state index in [1.165, 1.54) is 0 Å². The highest BCUT2D eigenvalue weighted by Gasteiger charge is 2.01. The summed E-state index contributed by atoms with van der Waals surface area (Å²) < 4.78 is 0. The monoisotopic (exact) mass is 256 g/mol. The van der Waals surface area contributed by atoms with Gasteiger partial charge in [0.25, 0.3) is 0 Å². The fourth-order valence-corrected chi connectivity index (χ4v) is 1.54. The minimum Gasteiger partial charge on any atom is -0.397 e. The molecule has 4 N–H and O–H groups in total. The van der Waals surface area contributed by atoms with Crippen molar-refractivity contribution in [2.45, 2.75) is 6.54 Å². The number of pyridine rings is 1. The Morgan fingerprint density at radius 1 is 1.16 bits per heavy atom. The first-order chi connectivity index (χ1) is 9.24. The van der Waals surface area contributed by atoms with Crippen molar-refractivity contribution in [3.8, 4) is 0 Å². The Hall–Kier alpha value is -2.56. The van der Waals surface area contributed by atoms with Gasteiger partial charge in [-0.15, -0.1) is 0 Å². The lowest BCUT2D eigenvalue weighted by Crippen LogP contribution is -2.29. The van der Waals surface area contributed by atoms with Crippen molar-refractivity contribution in [3.63, 3.8) is 0 Å². The number of aromatic nitrogens is 1. The number of nitrogen functional groups attached to an aromatic ring is 1. The van der Waals surface area contributed by atoms with Crippen molar-refractivity contribution >= 4 is 17.4 Å². The molecule has 0 bridgehead atoms.